The fraction of sp³-hybridized carbons (Fsp3) is 0.625. The lowest BCUT2D eigenvalue weighted by atomic mass is 9.94. The second kappa shape index (κ2) is 7.01. The molecule has 1 aromatic carbocycles. The van der Waals surface area contributed by atoms with Gasteiger partial charge in [-0.05, 0) is 63.4 Å². The van der Waals surface area contributed by atoms with Gasteiger partial charge in [0.25, 0.3) is 0 Å². The third kappa shape index (κ3) is 5.29. The molecule has 0 saturated heterocycles. The van der Waals surface area contributed by atoms with Crippen molar-refractivity contribution in [2.75, 3.05) is 13.7 Å². The Morgan fingerprint density at radius 1 is 1.32 bits per heavy atom. The average Bonchev–Trinajstić information content (AvgIpc) is 2.33. The monoisotopic (exact) mass is 267 g/mol. The Bertz CT molecular complexity index is 383. The topological polar surface area (TPSA) is 21.3 Å². The number of nitrogens with one attached hydrogen (secondary N) is 1. The van der Waals surface area contributed by atoms with Gasteiger partial charge < -0.3 is 10.1 Å². The highest BCUT2D eigenvalue weighted by molar-refractivity contribution is 5.26. The third-order valence-corrected chi connectivity index (χ3v) is 3.51. The summed E-state index contributed by atoms with van der Waals surface area (Å²) in [6.45, 7) is 9.02. The fourth-order valence-corrected chi connectivity index (χ4v) is 2.19. The molecule has 19 heavy (non-hydrogen) atoms. The molecule has 0 aliphatic heterocycles. The van der Waals surface area contributed by atoms with Crippen LogP contribution in [0.4, 0.5) is 4.39 Å². The predicted molar refractivity (Wildman–Crippen MR) is 77.9 cm³/mol. The lowest BCUT2D eigenvalue weighted by molar-refractivity contribution is 0.0117. The van der Waals surface area contributed by atoms with E-state index in [-0.39, 0.29) is 17.5 Å². The van der Waals surface area contributed by atoms with Gasteiger partial charge in [-0.2, -0.15) is 0 Å². The van der Waals surface area contributed by atoms with Crippen molar-refractivity contribution in [1.82, 2.24) is 5.32 Å². The largest absolute Gasteiger partial charge is 0.379 e. The third-order valence-electron chi connectivity index (χ3n) is 3.51. The first-order chi connectivity index (χ1) is 8.88. The quantitative estimate of drug-likeness (QED) is 0.806. The second-order valence-corrected chi connectivity index (χ2v) is 5.67. The van der Waals surface area contributed by atoms with Crippen LogP contribution in [0.5, 0.6) is 0 Å². The van der Waals surface area contributed by atoms with Gasteiger partial charge in [-0.3, -0.25) is 0 Å². The highest BCUT2D eigenvalue weighted by atomic mass is 19.1. The van der Waals surface area contributed by atoms with Gasteiger partial charge in [0.2, 0.25) is 0 Å². The average molecular weight is 267 g/mol. The fourth-order valence-electron chi connectivity index (χ4n) is 2.19. The first-order valence-corrected chi connectivity index (χ1v) is 6.93. The van der Waals surface area contributed by atoms with E-state index in [0.29, 0.717) is 0 Å². The molecule has 2 nitrogen and oxygen atoms in total. The van der Waals surface area contributed by atoms with Crippen LogP contribution in [-0.2, 0) is 4.74 Å². The second-order valence-electron chi connectivity index (χ2n) is 5.67. The number of ether oxygens (including phenoxy) is 1. The summed E-state index contributed by atoms with van der Waals surface area (Å²) in [7, 11) is 1.73. The molecule has 3 heteroatoms. The van der Waals surface area contributed by atoms with E-state index in [2.05, 4.69) is 32.2 Å². The molecule has 0 fully saturated rings. The molecule has 0 spiro atoms. The van der Waals surface area contributed by atoms with Gasteiger partial charge in [-0.25, -0.2) is 4.39 Å². The van der Waals surface area contributed by atoms with Crippen molar-refractivity contribution in [3.63, 3.8) is 0 Å². The standard InChI is InChI=1S/C16H26FNO/c1-6-18-15(7-8-16(3,4)19-5)13-9-12(2)10-14(17)11-13/h9-11,15,18H,6-8H2,1-5H3. The van der Waals surface area contributed by atoms with Crippen LogP contribution < -0.4 is 5.32 Å². The molecule has 0 aliphatic rings. The van der Waals surface area contributed by atoms with Crippen LogP contribution in [0.3, 0.4) is 0 Å². The lowest BCUT2D eigenvalue weighted by Gasteiger charge is -2.26. The van der Waals surface area contributed by atoms with E-state index in [1.807, 2.05) is 6.92 Å². The van der Waals surface area contributed by atoms with Crippen LogP contribution in [0.1, 0.15) is 50.8 Å². The van der Waals surface area contributed by atoms with Crippen molar-refractivity contribution in [2.45, 2.75) is 52.2 Å². The lowest BCUT2D eigenvalue weighted by Crippen LogP contribution is -2.27. The minimum absolute atomic E-state index is 0.143. The van der Waals surface area contributed by atoms with Crippen LogP contribution in [-0.4, -0.2) is 19.3 Å². The number of aryl methyl sites for hydroxylation is 1. The summed E-state index contributed by atoms with van der Waals surface area (Å²) in [6, 6.07) is 5.41. The molecule has 108 valence electrons. The summed E-state index contributed by atoms with van der Waals surface area (Å²) >= 11 is 0. The molecular formula is C16H26FNO. The van der Waals surface area contributed by atoms with Crippen molar-refractivity contribution >= 4 is 0 Å². The van der Waals surface area contributed by atoms with E-state index in [9.17, 15) is 4.39 Å². The van der Waals surface area contributed by atoms with Crippen LogP contribution in [0.15, 0.2) is 18.2 Å². The maximum atomic E-state index is 13.5. The van der Waals surface area contributed by atoms with Crippen LogP contribution in [0.2, 0.25) is 0 Å². The zero-order valence-corrected chi connectivity index (χ0v) is 12.7. The summed E-state index contributed by atoms with van der Waals surface area (Å²) in [5, 5.41) is 3.43. The zero-order chi connectivity index (χ0) is 14.5. The Morgan fingerprint density at radius 3 is 2.53 bits per heavy atom. The first kappa shape index (κ1) is 16.1. The Hall–Kier alpha value is -0.930. The van der Waals surface area contributed by atoms with Gasteiger partial charge in [-0.15, -0.1) is 0 Å². The summed E-state index contributed by atoms with van der Waals surface area (Å²) < 4.78 is 19.0. The highest BCUT2D eigenvalue weighted by Crippen LogP contribution is 2.25. The smallest absolute Gasteiger partial charge is 0.123 e. The minimum Gasteiger partial charge on any atom is -0.379 e. The number of benzene rings is 1. The normalized spacial score (nSPS) is 13.6. The Morgan fingerprint density at radius 2 is 2.00 bits per heavy atom. The molecule has 0 aliphatic carbocycles. The molecule has 0 heterocycles. The van der Waals surface area contributed by atoms with Gasteiger partial charge in [0.1, 0.15) is 5.82 Å². The van der Waals surface area contributed by atoms with Crippen molar-refractivity contribution < 1.29 is 9.13 Å². The molecule has 1 rings (SSSR count). The van der Waals surface area contributed by atoms with E-state index in [1.165, 1.54) is 0 Å². The van der Waals surface area contributed by atoms with Crippen molar-refractivity contribution in [3.8, 4) is 0 Å². The Kier molecular flexibility index (Phi) is 5.95. The number of halogens is 1. The van der Waals surface area contributed by atoms with Crippen molar-refractivity contribution in [1.29, 1.82) is 0 Å². The van der Waals surface area contributed by atoms with Crippen molar-refractivity contribution in [2.24, 2.45) is 0 Å². The maximum absolute atomic E-state index is 13.5. The molecule has 0 aromatic heterocycles. The molecule has 1 unspecified atom stereocenters. The molecule has 1 atom stereocenters. The minimum atomic E-state index is -0.163. The predicted octanol–water partition coefficient (Wildman–Crippen LogP) is 3.99. The number of methoxy groups -OCH3 is 1. The van der Waals surface area contributed by atoms with Gasteiger partial charge >= 0.3 is 0 Å². The summed E-state index contributed by atoms with van der Waals surface area (Å²) in [4.78, 5) is 0. The SMILES string of the molecule is CCNC(CCC(C)(C)OC)c1cc(C)cc(F)c1. The zero-order valence-electron chi connectivity index (χ0n) is 12.7. The molecule has 0 radical (unpaired) electrons. The van der Waals surface area contributed by atoms with Crippen molar-refractivity contribution in [3.05, 3.63) is 35.1 Å². The summed E-state index contributed by atoms with van der Waals surface area (Å²) in [5.74, 6) is -0.163. The number of hydrogen-bond donors (Lipinski definition) is 1. The van der Waals surface area contributed by atoms with E-state index >= 15 is 0 Å². The van der Waals surface area contributed by atoms with Crippen LogP contribution in [0.25, 0.3) is 0 Å². The van der Waals surface area contributed by atoms with Gasteiger partial charge in [0.05, 0.1) is 5.60 Å². The Labute approximate surface area is 116 Å². The molecule has 1 aromatic rings. The highest BCUT2D eigenvalue weighted by Gasteiger charge is 2.20. The van der Waals surface area contributed by atoms with Crippen LogP contribution >= 0.6 is 0 Å². The first-order valence-electron chi connectivity index (χ1n) is 6.93. The summed E-state index contributed by atoms with van der Waals surface area (Å²) in [5.41, 5.74) is 1.84. The van der Waals surface area contributed by atoms with E-state index in [4.69, 9.17) is 4.74 Å². The molecular weight excluding hydrogens is 241 g/mol. The van der Waals surface area contributed by atoms with Gasteiger partial charge in [-0.1, -0.05) is 13.0 Å². The molecule has 1 N–H and O–H groups in total. The van der Waals surface area contributed by atoms with Gasteiger partial charge in [0.15, 0.2) is 0 Å². The maximum Gasteiger partial charge on any atom is 0.123 e. The van der Waals surface area contributed by atoms with Gasteiger partial charge in [0, 0.05) is 13.2 Å². The molecule has 0 saturated carbocycles. The van der Waals surface area contributed by atoms with E-state index in [0.717, 1.165) is 30.5 Å². The number of rotatable bonds is 7. The van der Waals surface area contributed by atoms with Crippen LogP contribution in [0, 0.1) is 12.7 Å². The molecule has 0 bridgehead atoms. The molecule has 0 amide bonds. The van der Waals surface area contributed by atoms with E-state index < -0.39 is 0 Å². The number of hydrogen-bond acceptors (Lipinski definition) is 2. The Balaban J connectivity index is 2.82. The summed E-state index contributed by atoms with van der Waals surface area (Å²) in [6.07, 6.45) is 1.86. The van der Waals surface area contributed by atoms with E-state index in [1.54, 1.807) is 19.2 Å².